The second-order valence-electron chi connectivity index (χ2n) is 6.90. The quantitative estimate of drug-likeness (QED) is 0.938. The number of hydrogen-bond acceptors (Lipinski definition) is 3. The molecule has 21 heavy (non-hydrogen) atoms. The van der Waals surface area contributed by atoms with Gasteiger partial charge in [0, 0.05) is 30.2 Å². The molecular formula is C18H20N2O. The third-order valence-corrected chi connectivity index (χ3v) is 5.99. The van der Waals surface area contributed by atoms with Gasteiger partial charge in [-0.1, -0.05) is 24.3 Å². The minimum atomic E-state index is 0.162. The Balaban J connectivity index is 1.43. The van der Waals surface area contributed by atoms with Crippen LogP contribution in [0.15, 0.2) is 36.7 Å². The van der Waals surface area contributed by atoms with Gasteiger partial charge in [0.2, 0.25) is 0 Å². The normalized spacial score (nSPS) is 32.1. The van der Waals surface area contributed by atoms with Gasteiger partial charge in [-0.25, -0.2) is 0 Å². The maximum atomic E-state index is 6.14. The van der Waals surface area contributed by atoms with Crippen molar-refractivity contribution in [1.82, 2.24) is 10.3 Å². The monoisotopic (exact) mass is 280 g/mol. The largest absolute Gasteiger partial charge is 0.373 e. The Morgan fingerprint density at radius 3 is 2.95 bits per heavy atom. The SMILES string of the molecule is c1ccc2c(CN[C@]34C[C@H]3COC43CCC3)cncc2c1. The molecule has 2 saturated carbocycles. The Labute approximate surface area is 124 Å². The number of hydrogen-bond donors (Lipinski definition) is 1. The van der Waals surface area contributed by atoms with Gasteiger partial charge in [0.1, 0.15) is 0 Å². The molecule has 0 amide bonds. The zero-order valence-corrected chi connectivity index (χ0v) is 12.1. The molecule has 0 radical (unpaired) electrons. The number of benzene rings is 1. The van der Waals surface area contributed by atoms with Crippen molar-refractivity contribution in [3.05, 3.63) is 42.2 Å². The first-order valence-corrected chi connectivity index (χ1v) is 8.04. The summed E-state index contributed by atoms with van der Waals surface area (Å²) < 4.78 is 6.14. The van der Waals surface area contributed by atoms with Crippen LogP contribution in [0.3, 0.4) is 0 Å². The molecule has 1 aliphatic heterocycles. The number of fused-ring (bicyclic) bond motifs is 3. The summed E-state index contributed by atoms with van der Waals surface area (Å²) in [4.78, 5) is 4.39. The first-order chi connectivity index (χ1) is 10.3. The van der Waals surface area contributed by atoms with Crippen LogP contribution in [0.4, 0.5) is 0 Å². The third-order valence-electron chi connectivity index (χ3n) is 5.99. The first kappa shape index (κ1) is 12.1. The van der Waals surface area contributed by atoms with E-state index in [0.717, 1.165) is 19.1 Å². The predicted molar refractivity (Wildman–Crippen MR) is 82.0 cm³/mol. The molecule has 2 atom stereocenters. The van der Waals surface area contributed by atoms with Gasteiger partial charge in [-0.05, 0) is 36.6 Å². The molecule has 0 unspecified atom stereocenters. The Bertz CT molecular complexity index is 704. The lowest BCUT2D eigenvalue weighted by Gasteiger charge is -2.45. The number of rotatable bonds is 3. The fourth-order valence-electron chi connectivity index (χ4n) is 4.52. The van der Waals surface area contributed by atoms with Gasteiger partial charge in [-0.3, -0.25) is 4.98 Å². The fourth-order valence-corrected chi connectivity index (χ4v) is 4.52. The van der Waals surface area contributed by atoms with Crippen molar-refractivity contribution < 1.29 is 4.74 Å². The van der Waals surface area contributed by atoms with Crippen LogP contribution >= 0.6 is 0 Å². The van der Waals surface area contributed by atoms with Crippen LogP contribution in [0.2, 0.25) is 0 Å². The first-order valence-electron chi connectivity index (χ1n) is 8.04. The molecule has 1 saturated heterocycles. The number of nitrogens with zero attached hydrogens (tertiary/aromatic N) is 1. The summed E-state index contributed by atoms with van der Waals surface area (Å²) in [6.07, 6.45) is 9.06. The minimum absolute atomic E-state index is 0.162. The molecule has 3 fully saturated rings. The highest BCUT2D eigenvalue weighted by molar-refractivity contribution is 5.84. The summed E-state index contributed by atoms with van der Waals surface area (Å²) in [7, 11) is 0. The Morgan fingerprint density at radius 2 is 2.14 bits per heavy atom. The summed E-state index contributed by atoms with van der Waals surface area (Å²) in [6, 6.07) is 8.51. The summed E-state index contributed by atoms with van der Waals surface area (Å²) in [5.74, 6) is 0.737. The lowest BCUT2D eigenvalue weighted by molar-refractivity contribution is -0.0961. The number of ether oxygens (including phenoxy) is 1. The molecule has 2 aromatic rings. The van der Waals surface area contributed by atoms with Crippen LogP contribution in [0, 0.1) is 5.92 Å². The van der Waals surface area contributed by atoms with Crippen LogP contribution in [0.1, 0.15) is 31.2 Å². The molecule has 0 bridgehead atoms. The molecule has 1 aromatic heterocycles. The van der Waals surface area contributed by atoms with E-state index in [1.165, 1.54) is 42.0 Å². The van der Waals surface area contributed by atoms with Crippen molar-refractivity contribution in [1.29, 1.82) is 0 Å². The van der Waals surface area contributed by atoms with Gasteiger partial charge < -0.3 is 10.1 Å². The number of pyridine rings is 1. The fraction of sp³-hybridized carbons (Fsp3) is 0.500. The second-order valence-corrected chi connectivity index (χ2v) is 6.90. The summed E-state index contributed by atoms with van der Waals surface area (Å²) in [6.45, 7) is 1.86. The number of aromatic nitrogens is 1. The molecule has 108 valence electrons. The van der Waals surface area contributed by atoms with Crippen LogP contribution in [0.5, 0.6) is 0 Å². The standard InChI is InChI=1S/C18H20N2O/c1-2-5-16-13(4-1)9-19-10-14(16)11-20-18-8-15(18)12-21-17(18)6-3-7-17/h1-2,4-5,9-10,15,20H,3,6-8,11-12H2/t15-,18+/m0/s1. The van der Waals surface area contributed by atoms with Gasteiger partial charge in [-0.2, -0.15) is 0 Å². The van der Waals surface area contributed by atoms with Crippen LogP contribution in [-0.2, 0) is 11.3 Å². The minimum Gasteiger partial charge on any atom is -0.373 e. The van der Waals surface area contributed by atoms with Gasteiger partial charge in [0.15, 0.2) is 0 Å². The van der Waals surface area contributed by atoms with E-state index in [0.29, 0.717) is 0 Å². The van der Waals surface area contributed by atoms with Gasteiger partial charge in [0.25, 0.3) is 0 Å². The molecule has 3 heteroatoms. The second kappa shape index (κ2) is 4.05. The highest BCUT2D eigenvalue weighted by Gasteiger charge is 2.73. The topological polar surface area (TPSA) is 34.1 Å². The van der Waals surface area contributed by atoms with Crippen molar-refractivity contribution in [2.75, 3.05) is 6.61 Å². The molecule has 3 aliphatic rings. The molecule has 1 aromatic carbocycles. The zero-order valence-electron chi connectivity index (χ0n) is 12.1. The third kappa shape index (κ3) is 1.53. The van der Waals surface area contributed by atoms with Gasteiger partial charge in [0.05, 0.1) is 17.7 Å². The van der Waals surface area contributed by atoms with Crippen molar-refractivity contribution in [3.63, 3.8) is 0 Å². The lowest BCUT2D eigenvalue weighted by Crippen LogP contribution is -2.56. The van der Waals surface area contributed by atoms with E-state index >= 15 is 0 Å². The maximum absolute atomic E-state index is 6.14. The van der Waals surface area contributed by atoms with E-state index < -0.39 is 0 Å². The van der Waals surface area contributed by atoms with Crippen LogP contribution in [-0.4, -0.2) is 22.7 Å². The Kier molecular flexibility index (Phi) is 2.34. The summed E-state index contributed by atoms with van der Waals surface area (Å²) in [5.41, 5.74) is 1.73. The van der Waals surface area contributed by atoms with Crippen molar-refractivity contribution in [2.24, 2.45) is 5.92 Å². The van der Waals surface area contributed by atoms with E-state index in [-0.39, 0.29) is 11.1 Å². The molecule has 3 nitrogen and oxygen atoms in total. The summed E-state index contributed by atoms with van der Waals surface area (Å²) >= 11 is 0. The van der Waals surface area contributed by atoms with Gasteiger partial charge in [-0.15, -0.1) is 0 Å². The van der Waals surface area contributed by atoms with Crippen molar-refractivity contribution in [2.45, 2.75) is 43.4 Å². The average molecular weight is 280 g/mol. The molecule has 1 N–H and O–H groups in total. The van der Waals surface area contributed by atoms with Crippen LogP contribution < -0.4 is 5.32 Å². The van der Waals surface area contributed by atoms with E-state index in [4.69, 9.17) is 4.74 Å². The van der Waals surface area contributed by atoms with E-state index in [9.17, 15) is 0 Å². The predicted octanol–water partition coefficient (Wildman–Crippen LogP) is 3.04. The maximum Gasteiger partial charge on any atom is 0.0867 e. The van der Waals surface area contributed by atoms with Crippen molar-refractivity contribution >= 4 is 10.8 Å². The van der Waals surface area contributed by atoms with E-state index in [2.05, 4.69) is 34.6 Å². The average Bonchev–Trinajstić information content (AvgIpc) is 3.10. The Morgan fingerprint density at radius 1 is 1.24 bits per heavy atom. The Hall–Kier alpha value is -1.45. The van der Waals surface area contributed by atoms with E-state index in [1.807, 2.05) is 12.4 Å². The van der Waals surface area contributed by atoms with Crippen molar-refractivity contribution in [3.8, 4) is 0 Å². The van der Waals surface area contributed by atoms with Gasteiger partial charge >= 0.3 is 0 Å². The molecule has 2 heterocycles. The lowest BCUT2D eigenvalue weighted by atomic mass is 9.72. The smallest absolute Gasteiger partial charge is 0.0867 e. The molecule has 2 aliphatic carbocycles. The molecular weight excluding hydrogens is 260 g/mol. The zero-order chi connectivity index (χ0) is 13.9. The highest BCUT2D eigenvalue weighted by atomic mass is 16.5. The molecule has 5 rings (SSSR count). The molecule has 1 spiro atoms. The van der Waals surface area contributed by atoms with E-state index in [1.54, 1.807) is 0 Å². The number of nitrogens with one attached hydrogen (secondary N) is 1. The highest BCUT2D eigenvalue weighted by Crippen LogP contribution is 2.64. The summed E-state index contributed by atoms with van der Waals surface area (Å²) in [5, 5.41) is 6.41. The van der Waals surface area contributed by atoms with Crippen LogP contribution in [0.25, 0.3) is 10.8 Å².